The number of nitrogens with one attached hydrogen (secondary N) is 2. The Balaban J connectivity index is 2.31. The lowest BCUT2D eigenvalue weighted by atomic mass is 9.78. The first-order chi connectivity index (χ1) is 8.04. The molecule has 7 nitrogen and oxygen atoms in total. The van der Waals surface area contributed by atoms with Crippen LogP contribution in [-0.2, 0) is 0 Å². The molecule has 0 aromatic carbocycles. The van der Waals surface area contributed by atoms with E-state index in [1.165, 1.54) is 12.1 Å². The molecule has 92 valence electrons. The number of nitrogens with two attached hydrogens (primary N) is 1. The Morgan fingerprint density at radius 2 is 2.24 bits per heavy atom. The highest BCUT2D eigenvalue weighted by Crippen LogP contribution is 2.36. The van der Waals surface area contributed by atoms with Gasteiger partial charge in [-0.25, -0.2) is 10.8 Å². The molecule has 0 spiro atoms. The molecule has 0 radical (unpaired) electrons. The summed E-state index contributed by atoms with van der Waals surface area (Å²) in [7, 11) is 0. The van der Waals surface area contributed by atoms with E-state index >= 15 is 0 Å². The number of hydrogen-bond acceptors (Lipinski definition) is 6. The first-order valence-electron chi connectivity index (χ1n) is 5.44. The Hall–Kier alpha value is -1.89. The molecule has 0 saturated heterocycles. The molecule has 1 aliphatic carbocycles. The van der Waals surface area contributed by atoms with Crippen molar-refractivity contribution in [1.82, 2.24) is 4.98 Å². The van der Waals surface area contributed by atoms with Gasteiger partial charge in [0.15, 0.2) is 0 Å². The van der Waals surface area contributed by atoms with E-state index < -0.39 is 4.92 Å². The van der Waals surface area contributed by atoms with Gasteiger partial charge in [0.05, 0.1) is 4.92 Å². The van der Waals surface area contributed by atoms with Crippen molar-refractivity contribution < 1.29 is 4.92 Å². The van der Waals surface area contributed by atoms with Crippen molar-refractivity contribution in [3.63, 3.8) is 0 Å². The molecule has 17 heavy (non-hydrogen) atoms. The highest BCUT2D eigenvalue weighted by Gasteiger charge is 2.34. The van der Waals surface area contributed by atoms with Crippen LogP contribution in [-0.4, -0.2) is 15.4 Å². The topological polar surface area (TPSA) is 106 Å². The molecule has 1 heterocycles. The van der Waals surface area contributed by atoms with Crippen LogP contribution < -0.4 is 16.6 Å². The lowest BCUT2D eigenvalue weighted by Gasteiger charge is -2.39. The molecule has 0 bridgehead atoms. The Morgan fingerprint density at radius 1 is 1.53 bits per heavy atom. The molecule has 0 amide bonds. The van der Waals surface area contributed by atoms with Gasteiger partial charge in [0.2, 0.25) is 5.82 Å². The second-order valence-electron chi connectivity index (χ2n) is 4.50. The summed E-state index contributed by atoms with van der Waals surface area (Å²) in [6.07, 6.45) is 3.12. The molecule has 1 fully saturated rings. The lowest BCUT2D eigenvalue weighted by molar-refractivity contribution is -0.384. The molecule has 1 aliphatic rings. The normalized spacial score (nSPS) is 17.1. The number of nitrogens with zero attached hydrogens (tertiary/aromatic N) is 2. The number of nitro groups is 1. The predicted octanol–water partition coefficient (Wildman–Crippen LogP) is 1.63. The quantitative estimate of drug-likeness (QED) is 0.417. The van der Waals surface area contributed by atoms with Crippen LogP contribution in [0.4, 0.5) is 17.3 Å². The van der Waals surface area contributed by atoms with Gasteiger partial charge in [-0.3, -0.25) is 10.1 Å². The van der Waals surface area contributed by atoms with Gasteiger partial charge in [0.1, 0.15) is 5.82 Å². The van der Waals surface area contributed by atoms with E-state index in [9.17, 15) is 10.1 Å². The van der Waals surface area contributed by atoms with E-state index in [0.717, 1.165) is 19.3 Å². The number of pyridine rings is 1. The minimum Gasteiger partial charge on any atom is -0.359 e. The molecular formula is C10H15N5O2. The molecular weight excluding hydrogens is 222 g/mol. The molecule has 0 atom stereocenters. The number of hydrogen-bond donors (Lipinski definition) is 3. The van der Waals surface area contributed by atoms with Gasteiger partial charge in [-0.05, 0) is 32.3 Å². The van der Waals surface area contributed by atoms with Crippen LogP contribution in [0.2, 0.25) is 0 Å². The number of anilines is 2. The minimum atomic E-state index is -0.447. The van der Waals surface area contributed by atoms with Crippen molar-refractivity contribution >= 4 is 17.3 Å². The Morgan fingerprint density at radius 3 is 2.71 bits per heavy atom. The summed E-state index contributed by atoms with van der Waals surface area (Å²) in [5.74, 6) is 5.92. The number of rotatable bonds is 4. The maximum absolute atomic E-state index is 10.9. The highest BCUT2D eigenvalue weighted by molar-refractivity contribution is 5.61. The number of hydrazine groups is 1. The zero-order chi connectivity index (χ0) is 12.5. The average molecular weight is 237 g/mol. The van der Waals surface area contributed by atoms with Crippen molar-refractivity contribution in [2.75, 3.05) is 10.7 Å². The number of aromatic nitrogens is 1. The van der Waals surface area contributed by atoms with E-state index in [1.54, 1.807) is 0 Å². The molecule has 2 rings (SSSR count). The van der Waals surface area contributed by atoms with Crippen molar-refractivity contribution in [1.29, 1.82) is 0 Å². The maximum atomic E-state index is 10.9. The van der Waals surface area contributed by atoms with Gasteiger partial charge >= 0.3 is 5.69 Å². The molecule has 4 N–H and O–H groups in total. The zero-order valence-corrected chi connectivity index (χ0v) is 9.56. The van der Waals surface area contributed by atoms with Crippen LogP contribution in [0.15, 0.2) is 12.1 Å². The average Bonchev–Trinajstić information content (AvgIpc) is 2.26. The van der Waals surface area contributed by atoms with Crippen molar-refractivity contribution in [3.8, 4) is 0 Å². The van der Waals surface area contributed by atoms with Crippen LogP contribution in [0.25, 0.3) is 0 Å². The van der Waals surface area contributed by atoms with Gasteiger partial charge in [0.25, 0.3) is 0 Å². The SMILES string of the molecule is CC1(Nc2nc(NN)ccc2[N+](=O)[O-])CCC1. The fourth-order valence-electron chi connectivity index (χ4n) is 1.89. The summed E-state index contributed by atoms with van der Waals surface area (Å²) in [5, 5.41) is 14.0. The third-order valence-electron chi connectivity index (χ3n) is 3.10. The zero-order valence-electron chi connectivity index (χ0n) is 9.56. The van der Waals surface area contributed by atoms with E-state index in [-0.39, 0.29) is 17.0 Å². The summed E-state index contributed by atoms with van der Waals surface area (Å²) < 4.78 is 0. The van der Waals surface area contributed by atoms with Gasteiger partial charge in [-0.15, -0.1) is 0 Å². The molecule has 0 aliphatic heterocycles. The predicted molar refractivity (Wildman–Crippen MR) is 64.6 cm³/mol. The van der Waals surface area contributed by atoms with Gasteiger partial charge in [-0.1, -0.05) is 0 Å². The van der Waals surface area contributed by atoms with Crippen molar-refractivity contribution in [2.24, 2.45) is 5.84 Å². The van der Waals surface area contributed by atoms with E-state index in [1.807, 2.05) is 6.92 Å². The summed E-state index contributed by atoms with van der Waals surface area (Å²) in [5.41, 5.74) is 2.26. The minimum absolute atomic E-state index is 0.0304. The Kier molecular flexibility index (Phi) is 2.84. The first kappa shape index (κ1) is 11.6. The van der Waals surface area contributed by atoms with Crippen LogP contribution >= 0.6 is 0 Å². The molecule has 1 saturated carbocycles. The van der Waals surface area contributed by atoms with E-state index in [4.69, 9.17) is 5.84 Å². The highest BCUT2D eigenvalue weighted by atomic mass is 16.6. The van der Waals surface area contributed by atoms with E-state index in [0.29, 0.717) is 5.82 Å². The van der Waals surface area contributed by atoms with Gasteiger partial charge in [-0.2, -0.15) is 0 Å². The summed E-state index contributed by atoms with van der Waals surface area (Å²) in [6.45, 7) is 2.03. The third kappa shape index (κ3) is 2.28. The molecule has 7 heteroatoms. The Bertz CT molecular complexity index is 444. The van der Waals surface area contributed by atoms with E-state index in [2.05, 4.69) is 15.7 Å². The first-order valence-corrected chi connectivity index (χ1v) is 5.44. The smallest absolute Gasteiger partial charge is 0.311 e. The number of nitrogen functional groups attached to an aromatic ring is 1. The van der Waals surface area contributed by atoms with Crippen molar-refractivity contribution in [3.05, 3.63) is 22.2 Å². The molecule has 1 aromatic rings. The van der Waals surface area contributed by atoms with Crippen LogP contribution in [0, 0.1) is 10.1 Å². The van der Waals surface area contributed by atoms with Crippen LogP contribution in [0.5, 0.6) is 0 Å². The fourth-order valence-corrected chi connectivity index (χ4v) is 1.89. The Labute approximate surface area is 98.5 Å². The third-order valence-corrected chi connectivity index (χ3v) is 3.10. The standard InChI is InChI=1S/C10H15N5O2/c1-10(5-2-6-10)13-9-7(15(16)17)3-4-8(12-9)14-11/h3-4H,2,5-6,11H2,1H3,(H2,12,13,14). The van der Waals surface area contributed by atoms with Gasteiger partial charge in [0, 0.05) is 11.6 Å². The molecule has 0 unspecified atom stereocenters. The summed E-state index contributed by atoms with van der Waals surface area (Å²) >= 11 is 0. The van der Waals surface area contributed by atoms with Crippen LogP contribution in [0.3, 0.4) is 0 Å². The summed E-state index contributed by atoms with van der Waals surface area (Å²) in [6, 6.07) is 2.87. The largest absolute Gasteiger partial charge is 0.359 e. The van der Waals surface area contributed by atoms with Crippen LogP contribution in [0.1, 0.15) is 26.2 Å². The van der Waals surface area contributed by atoms with Gasteiger partial charge < -0.3 is 10.7 Å². The molecule has 1 aromatic heterocycles. The summed E-state index contributed by atoms with van der Waals surface area (Å²) in [4.78, 5) is 14.5. The second-order valence-corrected chi connectivity index (χ2v) is 4.50. The monoisotopic (exact) mass is 237 g/mol. The second kappa shape index (κ2) is 4.17. The maximum Gasteiger partial charge on any atom is 0.311 e. The van der Waals surface area contributed by atoms with Crippen molar-refractivity contribution in [2.45, 2.75) is 31.7 Å². The lowest BCUT2D eigenvalue weighted by Crippen LogP contribution is -2.42. The fraction of sp³-hybridized carbons (Fsp3) is 0.500.